The van der Waals surface area contributed by atoms with Gasteiger partial charge in [0.15, 0.2) is 0 Å². The molecule has 4 nitrogen and oxygen atoms in total. The van der Waals surface area contributed by atoms with Gasteiger partial charge in [0.2, 0.25) is 0 Å². The third kappa shape index (κ3) is 9.17. The van der Waals surface area contributed by atoms with E-state index in [9.17, 15) is 13.2 Å². The number of benzene rings is 1. The molecule has 0 fully saturated rings. The van der Waals surface area contributed by atoms with Crippen molar-refractivity contribution in [3.8, 4) is 11.5 Å². The standard InChI is InChI=1S/C24H32F3NO3/c1-4-6-7-20(12-13-29-5-2)18(3)21-14-23(16-28-15-21)30-17-19-8-10-22(11-9-19)31-24(25,26)27/h8-11,14-16,18,20H,4-7,12-13,17H2,1-3H3. The van der Waals surface area contributed by atoms with E-state index in [-0.39, 0.29) is 12.4 Å². The Morgan fingerprint density at radius 2 is 1.74 bits per heavy atom. The molecule has 2 atom stereocenters. The van der Waals surface area contributed by atoms with Crippen molar-refractivity contribution in [2.45, 2.75) is 65.3 Å². The first-order valence-electron chi connectivity index (χ1n) is 10.8. The van der Waals surface area contributed by atoms with Gasteiger partial charge >= 0.3 is 6.36 Å². The van der Waals surface area contributed by atoms with E-state index >= 15 is 0 Å². The predicted octanol–water partition coefficient (Wildman–Crippen LogP) is 6.90. The maximum absolute atomic E-state index is 12.3. The van der Waals surface area contributed by atoms with Gasteiger partial charge in [0.05, 0.1) is 6.20 Å². The summed E-state index contributed by atoms with van der Waals surface area (Å²) in [7, 11) is 0. The molecule has 7 heteroatoms. The van der Waals surface area contributed by atoms with Crippen LogP contribution in [0.2, 0.25) is 0 Å². The number of hydrogen-bond acceptors (Lipinski definition) is 4. The number of unbranched alkanes of at least 4 members (excludes halogenated alkanes) is 1. The fourth-order valence-electron chi connectivity index (χ4n) is 3.48. The summed E-state index contributed by atoms with van der Waals surface area (Å²) in [5.74, 6) is 1.21. The van der Waals surface area contributed by atoms with Crippen molar-refractivity contribution in [1.29, 1.82) is 0 Å². The average Bonchev–Trinajstić information content (AvgIpc) is 2.74. The number of alkyl halides is 3. The number of halogens is 3. The van der Waals surface area contributed by atoms with Gasteiger partial charge in [-0.25, -0.2) is 0 Å². The van der Waals surface area contributed by atoms with Crippen molar-refractivity contribution in [1.82, 2.24) is 4.98 Å². The lowest BCUT2D eigenvalue weighted by molar-refractivity contribution is -0.274. The number of aromatic nitrogens is 1. The summed E-state index contributed by atoms with van der Waals surface area (Å²) in [6.07, 6.45) is 3.32. The van der Waals surface area contributed by atoms with E-state index in [1.807, 2.05) is 19.2 Å². The third-order valence-electron chi connectivity index (χ3n) is 5.30. The lowest BCUT2D eigenvalue weighted by atomic mass is 9.83. The highest BCUT2D eigenvalue weighted by Gasteiger charge is 2.30. The first-order chi connectivity index (χ1) is 14.8. The van der Waals surface area contributed by atoms with Gasteiger partial charge in [-0.3, -0.25) is 4.98 Å². The second-order valence-corrected chi connectivity index (χ2v) is 7.61. The minimum Gasteiger partial charge on any atom is -0.487 e. The van der Waals surface area contributed by atoms with E-state index in [0.717, 1.165) is 43.6 Å². The fourth-order valence-corrected chi connectivity index (χ4v) is 3.48. The van der Waals surface area contributed by atoms with E-state index in [2.05, 4.69) is 23.6 Å². The Morgan fingerprint density at radius 3 is 2.39 bits per heavy atom. The molecule has 0 aliphatic rings. The topological polar surface area (TPSA) is 40.6 Å². The van der Waals surface area contributed by atoms with Crippen LogP contribution in [0.5, 0.6) is 11.5 Å². The van der Waals surface area contributed by atoms with Crippen LogP contribution < -0.4 is 9.47 Å². The monoisotopic (exact) mass is 439 g/mol. The summed E-state index contributed by atoms with van der Waals surface area (Å²) >= 11 is 0. The minimum atomic E-state index is -4.70. The van der Waals surface area contributed by atoms with E-state index in [0.29, 0.717) is 17.6 Å². The second kappa shape index (κ2) is 12.5. The number of pyridine rings is 1. The summed E-state index contributed by atoms with van der Waals surface area (Å²) in [4.78, 5) is 4.33. The molecule has 0 amide bonds. The van der Waals surface area contributed by atoms with Crippen LogP contribution >= 0.6 is 0 Å². The van der Waals surface area contributed by atoms with Crippen LogP contribution in [0.3, 0.4) is 0 Å². The molecule has 0 N–H and O–H groups in total. The van der Waals surface area contributed by atoms with Crippen LogP contribution in [0, 0.1) is 5.92 Å². The number of rotatable bonds is 13. The molecule has 1 aromatic heterocycles. The van der Waals surface area contributed by atoms with Crippen LogP contribution in [-0.4, -0.2) is 24.6 Å². The summed E-state index contributed by atoms with van der Waals surface area (Å²) in [5.41, 5.74) is 1.86. The second-order valence-electron chi connectivity index (χ2n) is 7.61. The van der Waals surface area contributed by atoms with E-state index in [4.69, 9.17) is 9.47 Å². The number of nitrogens with zero attached hydrogens (tertiary/aromatic N) is 1. The lowest BCUT2D eigenvalue weighted by Crippen LogP contribution is -2.17. The normalized spacial score (nSPS) is 13.6. The molecule has 172 valence electrons. The van der Waals surface area contributed by atoms with Gasteiger partial charge in [-0.05, 0) is 60.9 Å². The summed E-state index contributed by atoms with van der Waals surface area (Å²) in [6, 6.07) is 7.66. The molecular formula is C24H32F3NO3. The molecule has 1 aromatic carbocycles. The van der Waals surface area contributed by atoms with Crippen molar-refractivity contribution < 1.29 is 27.4 Å². The van der Waals surface area contributed by atoms with Gasteiger partial charge in [-0.2, -0.15) is 0 Å². The average molecular weight is 440 g/mol. The zero-order valence-corrected chi connectivity index (χ0v) is 18.5. The highest BCUT2D eigenvalue weighted by atomic mass is 19.4. The maximum atomic E-state index is 12.3. The van der Waals surface area contributed by atoms with Crippen molar-refractivity contribution >= 4 is 0 Å². The summed E-state index contributed by atoms with van der Waals surface area (Å²) < 4.78 is 52.1. The maximum Gasteiger partial charge on any atom is 0.573 e. The van der Waals surface area contributed by atoms with Gasteiger partial charge < -0.3 is 14.2 Å². The zero-order chi connectivity index (χ0) is 22.7. The quantitative estimate of drug-likeness (QED) is 0.319. The largest absolute Gasteiger partial charge is 0.573 e. The summed E-state index contributed by atoms with van der Waals surface area (Å²) in [6.45, 7) is 8.13. The van der Waals surface area contributed by atoms with Gasteiger partial charge in [0, 0.05) is 19.4 Å². The Kier molecular flexibility index (Phi) is 10.1. The highest BCUT2D eigenvalue weighted by molar-refractivity contribution is 5.29. The van der Waals surface area contributed by atoms with E-state index in [1.165, 1.54) is 18.6 Å². The van der Waals surface area contributed by atoms with Gasteiger partial charge in [0.1, 0.15) is 18.1 Å². The Morgan fingerprint density at radius 1 is 1.00 bits per heavy atom. The summed E-state index contributed by atoms with van der Waals surface area (Å²) in [5, 5.41) is 0. The van der Waals surface area contributed by atoms with Crippen molar-refractivity contribution in [3.63, 3.8) is 0 Å². The molecule has 0 saturated heterocycles. The third-order valence-corrected chi connectivity index (χ3v) is 5.30. The molecule has 0 aliphatic heterocycles. The molecule has 0 saturated carbocycles. The Bertz CT molecular complexity index is 765. The molecular weight excluding hydrogens is 407 g/mol. The van der Waals surface area contributed by atoms with Crippen LogP contribution in [0.4, 0.5) is 13.2 Å². The van der Waals surface area contributed by atoms with E-state index < -0.39 is 6.36 Å². The number of hydrogen-bond donors (Lipinski definition) is 0. The smallest absolute Gasteiger partial charge is 0.487 e. The van der Waals surface area contributed by atoms with Crippen molar-refractivity contribution in [3.05, 3.63) is 53.9 Å². The molecule has 31 heavy (non-hydrogen) atoms. The molecule has 0 spiro atoms. The van der Waals surface area contributed by atoms with Crippen LogP contribution in [0.25, 0.3) is 0 Å². The lowest BCUT2D eigenvalue weighted by Gasteiger charge is -2.24. The number of ether oxygens (including phenoxy) is 3. The fraction of sp³-hybridized carbons (Fsp3) is 0.542. The van der Waals surface area contributed by atoms with Crippen LogP contribution in [0.1, 0.15) is 63.5 Å². The van der Waals surface area contributed by atoms with Crippen molar-refractivity contribution in [2.24, 2.45) is 5.92 Å². The molecule has 1 heterocycles. The predicted molar refractivity (Wildman–Crippen MR) is 114 cm³/mol. The SMILES string of the molecule is CCCCC(CCOCC)C(C)c1cncc(OCc2ccc(OC(F)(F)F)cc2)c1. The van der Waals surface area contributed by atoms with Gasteiger partial charge in [-0.1, -0.05) is 38.8 Å². The zero-order valence-electron chi connectivity index (χ0n) is 18.5. The van der Waals surface area contributed by atoms with E-state index in [1.54, 1.807) is 18.3 Å². The Balaban J connectivity index is 1.98. The Hall–Kier alpha value is -2.28. The molecule has 0 radical (unpaired) electrons. The van der Waals surface area contributed by atoms with Crippen LogP contribution in [-0.2, 0) is 11.3 Å². The first-order valence-corrected chi connectivity index (χ1v) is 10.8. The van der Waals surface area contributed by atoms with Crippen molar-refractivity contribution in [2.75, 3.05) is 13.2 Å². The molecule has 2 unspecified atom stereocenters. The molecule has 2 rings (SSSR count). The molecule has 2 aromatic rings. The Labute approximate surface area is 182 Å². The van der Waals surface area contributed by atoms with Gasteiger partial charge in [0.25, 0.3) is 0 Å². The van der Waals surface area contributed by atoms with Crippen LogP contribution in [0.15, 0.2) is 42.7 Å². The van der Waals surface area contributed by atoms with Gasteiger partial charge in [-0.15, -0.1) is 13.2 Å². The first kappa shape index (κ1) is 25.0. The highest BCUT2D eigenvalue weighted by Crippen LogP contribution is 2.32. The molecule has 0 aliphatic carbocycles. The molecule has 0 bridgehead atoms. The minimum absolute atomic E-state index is 0.232.